The first kappa shape index (κ1) is 12.9. The lowest BCUT2D eigenvalue weighted by atomic mass is 10.3. The zero-order valence-electron chi connectivity index (χ0n) is 9.61. The van der Waals surface area contributed by atoms with Crippen molar-refractivity contribution >= 4 is 35.2 Å². The Hall–Kier alpha value is -2.54. The van der Waals surface area contributed by atoms with Crippen molar-refractivity contribution in [3.63, 3.8) is 0 Å². The van der Waals surface area contributed by atoms with E-state index in [1.807, 2.05) is 0 Å². The third-order valence-corrected chi connectivity index (χ3v) is 2.96. The maximum Gasteiger partial charge on any atom is 0.328 e. The van der Waals surface area contributed by atoms with Crippen molar-refractivity contribution in [2.45, 2.75) is 0 Å². The molecule has 96 valence electrons. The highest BCUT2D eigenvalue weighted by Gasteiger charge is 2.09. The van der Waals surface area contributed by atoms with Gasteiger partial charge in [-0.3, -0.25) is 10.1 Å². The van der Waals surface area contributed by atoms with Gasteiger partial charge in [-0.15, -0.1) is 11.3 Å². The van der Waals surface area contributed by atoms with Crippen molar-refractivity contribution in [1.82, 2.24) is 9.97 Å². The number of amides is 1. The number of aromatic nitrogens is 2. The SMILES string of the molecule is O=C(O)C=Cc1cc(C(=O)Nc2ncccn2)cs1. The molecule has 0 unspecified atom stereocenters. The van der Waals surface area contributed by atoms with E-state index < -0.39 is 5.97 Å². The van der Waals surface area contributed by atoms with Crippen LogP contribution in [0.15, 0.2) is 36.0 Å². The minimum absolute atomic E-state index is 0.223. The number of rotatable bonds is 4. The average Bonchev–Trinajstić information content (AvgIpc) is 2.86. The highest BCUT2D eigenvalue weighted by molar-refractivity contribution is 7.11. The van der Waals surface area contributed by atoms with Crippen LogP contribution in [0.2, 0.25) is 0 Å². The van der Waals surface area contributed by atoms with Crippen LogP contribution in [-0.2, 0) is 4.79 Å². The summed E-state index contributed by atoms with van der Waals surface area (Å²) < 4.78 is 0. The molecule has 0 saturated carbocycles. The molecule has 2 aromatic rings. The van der Waals surface area contributed by atoms with E-state index in [4.69, 9.17) is 5.11 Å². The number of hydrogen-bond donors (Lipinski definition) is 2. The lowest BCUT2D eigenvalue weighted by Gasteiger charge is -1.99. The molecule has 2 aromatic heterocycles. The minimum atomic E-state index is -1.03. The number of aliphatic carboxylic acids is 1. The van der Waals surface area contributed by atoms with E-state index in [1.165, 1.54) is 29.8 Å². The third kappa shape index (κ3) is 3.71. The van der Waals surface area contributed by atoms with Crippen LogP contribution in [0.4, 0.5) is 5.95 Å². The number of carboxylic acid groups (broad SMARTS) is 1. The number of anilines is 1. The molecule has 1 amide bonds. The summed E-state index contributed by atoms with van der Waals surface area (Å²) in [5, 5.41) is 12.7. The molecule has 6 nitrogen and oxygen atoms in total. The van der Waals surface area contributed by atoms with E-state index in [0.717, 1.165) is 6.08 Å². The summed E-state index contributed by atoms with van der Waals surface area (Å²) in [6.45, 7) is 0. The van der Waals surface area contributed by atoms with Gasteiger partial charge in [0.2, 0.25) is 5.95 Å². The summed E-state index contributed by atoms with van der Waals surface area (Å²) in [4.78, 5) is 30.7. The second kappa shape index (κ2) is 5.87. The van der Waals surface area contributed by atoms with Crippen molar-refractivity contribution in [2.24, 2.45) is 0 Å². The summed E-state index contributed by atoms with van der Waals surface area (Å²) in [5.41, 5.74) is 0.433. The van der Waals surface area contributed by atoms with Gasteiger partial charge < -0.3 is 5.11 Å². The zero-order valence-corrected chi connectivity index (χ0v) is 10.4. The van der Waals surface area contributed by atoms with Crippen LogP contribution in [0.1, 0.15) is 15.2 Å². The standard InChI is InChI=1S/C12H9N3O3S/c16-10(17)3-2-9-6-8(7-19-9)11(18)15-12-13-4-1-5-14-12/h1-7H,(H,16,17)(H,13,14,15,18). The van der Waals surface area contributed by atoms with Crippen LogP contribution in [-0.4, -0.2) is 27.0 Å². The fraction of sp³-hybridized carbons (Fsp3) is 0. The van der Waals surface area contributed by atoms with Gasteiger partial charge in [-0.25, -0.2) is 14.8 Å². The molecular weight excluding hydrogens is 266 g/mol. The van der Waals surface area contributed by atoms with Crippen LogP contribution in [0.3, 0.4) is 0 Å². The Bertz CT molecular complexity index is 622. The topological polar surface area (TPSA) is 92.2 Å². The molecule has 0 radical (unpaired) electrons. The Kier molecular flexibility index (Phi) is 3.99. The molecule has 7 heteroatoms. The van der Waals surface area contributed by atoms with E-state index in [-0.39, 0.29) is 11.9 Å². The molecule has 0 fully saturated rings. The molecule has 0 aliphatic heterocycles. The number of hydrogen-bond acceptors (Lipinski definition) is 5. The first-order valence-corrected chi connectivity index (χ1v) is 6.11. The second-order valence-corrected chi connectivity index (χ2v) is 4.38. The van der Waals surface area contributed by atoms with Crippen LogP contribution in [0.5, 0.6) is 0 Å². The number of nitrogens with one attached hydrogen (secondary N) is 1. The Morgan fingerprint density at radius 3 is 2.74 bits per heavy atom. The van der Waals surface area contributed by atoms with Gasteiger partial charge in [-0.05, 0) is 18.2 Å². The molecule has 0 aliphatic rings. The van der Waals surface area contributed by atoms with Crippen LogP contribution >= 0.6 is 11.3 Å². The molecule has 2 heterocycles. The molecule has 0 aromatic carbocycles. The molecule has 0 bridgehead atoms. The van der Waals surface area contributed by atoms with E-state index in [1.54, 1.807) is 17.5 Å². The largest absolute Gasteiger partial charge is 0.478 e. The van der Waals surface area contributed by atoms with Crippen molar-refractivity contribution < 1.29 is 14.7 Å². The van der Waals surface area contributed by atoms with Crippen LogP contribution < -0.4 is 5.32 Å². The lowest BCUT2D eigenvalue weighted by molar-refractivity contribution is -0.131. The molecule has 19 heavy (non-hydrogen) atoms. The third-order valence-electron chi connectivity index (χ3n) is 2.06. The quantitative estimate of drug-likeness (QED) is 0.831. The van der Waals surface area contributed by atoms with E-state index in [2.05, 4.69) is 15.3 Å². The van der Waals surface area contributed by atoms with Gasteiger partial charge in [0, 0.05) is 28.7 Å². The minimum Gasteiger partial charge on any atom is -0.478 e. The van der Waals surface area contributed by atoms with E-state index >= 15 is 0 Å². The van der Waals surface area contributed by atoms with Crippen LogP contribution in [0.25, 0.3) is 6.08 Å². The maximum absolute atomic E-state index is 11.8. The van der Waals surface area contributed by atoms with Gasteiger partial charge in [-0.2, -0.15) is 0 Å². The van der Waals surface area contributed by atoms with E-state index in [0.29, 0.717) is 10.4 Å². The van der Waals surface area contributed by atoms with Gasteiger partial charge in [-0.1, -0.05) is 0 Å². The first-order chi connectivity index (χ1) is 9.15. The monoisotopic (exact) mass is 275 g/mol. The number of carboxylic acids is 1. The average molecular weight is 275 g/mol. The fourth-order valence-electron chi connectivity index (χ4n) is 1.25. The molecule has 0 saturated heterocycles. The Morgan fingerprint density at radius 2 is 2.05 bits per heavy atom. The summed E-state index contributed by atoms with van der Waals surface area (Å²) >= 11 is 1.28. The summed E-state index contributed by atoms with van der Waals surface area (Å²) in [6, 6.07) is 3.25. The Balaban J connectivity index is 2.06. The summed E-state index contributed by atoms with van der Waals surface area (Å²) in [7, 11) is 0. The Morgan fingerprint density at radius 1 is 1.32 bits per heavy atom. The Labute approximate surface area is 112 Å². The van der Waals surface area contributed by atoms with Gasteiger partial charge >= 0.3 is 5.97 Å². The lowest BCUT2D eigenvalue weighted by Crippen LogP contribution is -2.12. The molecule has 0 atom stereocenters. The zero-order chi connectivity index (χ0) is 13.7. The highest BCUT2D eigenvalue weighted by atomic mass is 32.1. The molecule has 2 rings (SSSR count). The fourth-order valence-corrected chi connectivity index (χ4v) is 2.03. The molecule has 2 N–H and O–H groups in total. The first-order valence-electron chi connectivity index (χ1n) is 5.23. The molecule has 0 aliphatic carbocycles. The van der Waals surface area contributed by atoms with Crippen molar-refractivity contribution in [3.05, 3.63) is 46.4 Å². The molecule has 0 spiro atoms. The van der Waals surface area contributed by atoms with Crippen LogP contribution in [0, 0.1) is 0 Å². The smallest absolute Gasteiger partial charge is 0.328 e. The number of nitrogens with zero attached hydrogens (tertiary/aromatic N) is 2. The normalized spacial score (nSPS) is 10.5. The maximum atomic E-state index is 11.8. The highest BCUT2D eigenvalue weighted by Crippen LogP contribution is 2.17. The number of carbonyl (C=O) groups excluding carboxylic acids is 1. The van der Waals surface area contributed by atoms with Gasteiger partial charge in [0.1, 0.15) is 0 Å². The molecular formula is C12H9N3O3S. The number of thiophene rings is 1. The summed E-state index contributed by atoms with van der Waals surface area (Å²) in [6.07, 6.45) is 5.51. The van der Waals surface area contributed by atoms with Crippen molar-refractivity contribution in [3.8, 4) is 0 Å². The van der Waals surface area contributed by atoms with Gasteiger partial charge in [0.15, 0.2) is 0 Å². The van der Waals surface area contributed by atoms with Crippen molar-refractivity contribution in [1.29, 1.82) is 0 Å². The van der Waals surface area contributed by atoms with Gasteiger partial charge in [0.05, 0.1) is 5.56 Å². The summed E-state index contributed by atoms with van der Waals surface area (Å²) in [5.74, 6) is -1.14. The number of carbonyl (C=O) groups is 2. The van der Waals surface area contributed by atoms with Gasteiger partial charge in [0.25, 0.3) is 5.91 Å². The predicted molar refractivity (Wildman–Crippen MR) is 71.0 cm³/mol. The second-order valence-electron chi connectivity index (χ2n) is 3.44. The van der Waals surface area contributed by atoms with E-state index in [9.17, 15) is 9.59 Å². The predicted octanol–water partition coefficient (Wildman–Crippen LogP) is 1.89. The van der Waals surface area contributed by atoms with Crippen molar-refractivity contribution in [2.75, 3.05) is 5.32 Å².